The van der Waals surface area contributed by atoms with Crippen LogP contribution < -0.4 is 0 Å². The molecule has 0 fully saturated rings. The summed E-state index contributed by atoms with van der Waals surface area (Å²) >= 11 is 0. The highest BCUT2D eigenvalue weighted by Gasteiger charge is 2.31. The van der Waals surface area contributed by atoms with E-state index < -0.39 is 17.9 Å². The van der Waals surface area contributed by atoms with Gasteiger partial charge in [-0.2, -0.15) is 0 Å². The molecule has 5 heteroatoms. The highest BCUT2D eigenvalue weighted by Crippen LogP contribution is 2.18. The maximum Gasteiger partial charge on any atom is 0.311 e. The van der Waals surface area contributed by atoms with Crippen molar-refractivity contribution < 1.29 is 24.2 Å². The van der Waals surface area contributed by atoms with E-state index in [-0.39, 0.29) is 30.5 Å². The van der Waals surface area contributed by atoms with Gasteiger partial charge in [-0.05, 0) is 12.8 Å². The number of carbonyl (C=O) groups excluding carboxylic acids is 2. The molecule has 1 atom stereocenters. The molecule has 0 saturated heterocycles. The summed E-state index contributed by atoms with van der Waals surface area (Å²) in [6.45, 7) is 5.19. The predicted molar refractivity (Wildman–Crippen MR) is 55.2 cm³/mol. The van der Waals surface area contributed by atoms with Crippen molar-refractivity contribution in [3.8, 4) is 0 Å². The van der Waals surface area contributed by atoms with Crippen LogP contribution in [-0.2, 0) is 19.1 Å². The Balaban J connectivity index is 2.71. The van der Waals surface area contributed by atoms with Gasteiger partial charge in [-0.15, -0.1) is 0 Å². The quantitative estimate of drug-likeness (QED) is 0.722. The number of ether oxygens (including phenoxy) is 2. The summed E-state index contributed by atoms with van der Waals surface area (Å²) in [6, 6.07) is 0. The number of aliphatic hydroxyl groups excluding tert-OH is 1. The summed E-state index contributed by atoms with van der Waals surface area (Å²) in [6.07, 6.45) is -1.02. The van der Waals surface area contributed by atoms with E-state index in [1.165, 1.54) is 6.92 Å². The van der Waals surface area contributed by atoms with E-state index in [0.717, 1.165) is 0 Å². The largest absolute Gasteiger partial charge is 0.491 e. The van der Waals surface area contributed by atoms with Gasteiger partial charge in [0.05, 0.1) is 0 Å². The van der Waals surface area contributed by atoms with Crippen molar-refractivity contribution in [2.45, 2.75) is 33.3 Å². The second-order valence-electron chi connectivity index (χ2n) is 4.15. The van der Waals surface area contributed by atoms with Gasteiger partial charge in [0.2, 0.25) is 11.5 Å². The van der Waals surface area contributed by atoms with Gasteiger partial charge in [-0.25, -0.2) is 0 Å². The first-order valence-electron chi connectivity index (χ1n) is 5.18. The van der Waals surface area contributed by atoms with Crippen LogP contribution in [0.3, 0.4) is 0 Å². The molecule has 0 radical (unpaired) electrons. The van der Waals surface area contributed by atoms with Gasteiger partial charge < -0.3 is 14.6 Å². The number of hydrogen-bond acceptors (Lipinski definition) is 5. The number of allylic oxidation sites excluding steroid dienone is 1. The van der Waals surface area contributed by atoms with E-state index >= 15 is 0 Å². The van der Waals surface area contributed by atoms with Gasteiger partial charge in [0.25, 0.3) is 0 Å². The highest BCUT2D eigenvalue weighted by molar-refractivity contribution is 5.99. The number of esters is 1. The fourth-order valence-electron chi connectivity index (χ4n) is 1.28. The smallest absolute Gasteiger partial charge is 0.311 e. The van der Waals surface area contributed by atoms with Crippen LogP contribution in [0, 0.1) is 5.92 Å². The fourth-order valence-corrected chi connectivity index (χ4v) is 1.28. The number of aliphatic hydroxyl groups is 1. The predicted octanol–water partition coefficient (Wildman–Crippen LogP) is 0.767. The van der Waals surface area contributed by atoms with Gasteiger partial charge in [0.1, 0.15) is 12.4 Å². The van der Waals surface area contributed by atoms with Crippen molar-refractivity contribution in [3.05, 3.63) is 11.5 Å². The average molecular weight is 228 g/mol. The SMILES string of the molecule is CC1=C(OC(=O)CC(C)C)C(=O)C(O)CO1. The van der Waals surface area contributed by atoms with Crippen LogP contribution in [0.25, 0.3) is 0 Å². The summed E-state index contributed by atoms with van der Waals surface area (Å²) in [5, 5.41) is 9.26. The lowest BCUT2D eigenvalue weighted by Gasteiger charge is -2.21. The maximum absolute atomic E-state index is 11.5. The van der Waals surface area contributed by atoms with Gasteiger partial charge in [0, 0.05) is 6.42 Å². The Bertz CT molecular complexity index is 329. The minimum Gasteiger partial charge on any atom is -0.491 e. The summed E-state index contributed by atoms with van der Waals surface area (Å²) in [7, 11) is 0. The van der Waals surface area contributed by atoms with Crippen LogP contribution >= 0.6 is 0 Å². The number of Topliss-reactive ketones (excluding diaryl/α,β-unsaturated/α-hetero) is 1. The van der Waals surface area contributed by atoms with Crippen molar-refractivity contribution in [2.24, 2.45) is 5.92 Å². The molecule has 1 aliphatic rings. The van der Waals surface area contributed by atoms with Crippen LogP contribution in [0.15, 0.2) is 11.5 Å². The van der Waals surface area contributed by atoms with Gasteiger partial charge >= 0.3 is 5.97 Å². The molecule has 0 spiro atoms. The minimum atomic E-state index is -1.24. The van der Waals surface area contributed by atoms with Gasteiger partial charge in [-0.3, -0.25) is 9.59 Å². The molecule has 0 aliphatic carbocycles. The first-order chi connectivity index (χ1) is 7.41. The molecular formula is C11H16O5. The van der Waals surface area contributed by atoms with Crippen molar-refractivity contribution in [3.63, 3.8) is 0 Å². The maximum atomic E-state index is 11.5. The Morgan fingerprint density at radius 3 is 2.81 bits per heavy atom. The minimum absolute atomic E-state index is 0.0874. The van der Waals surface area contributed by atoms with Crippen LogP contribution in [0.1, 0.15) is 27.2 Å². The second kappa shape index (κ2) is 5.12. The number of hydrogen-bond donors (Lipinski definition) is 1. The second-order valence-corrected chi connectivity index (χ2v) is 4.15. The highest BCUT2D eigenvalue weighted by atomic mass is 16.6. The van der Waals surface area contributed by atoms with E-state index in [9.17, 15) is 14.7 Å². The molecule has 0 amide bonds. The molecule has 5 nitrogen and oxygen atoms in total. The summed E-state index contributed by atoms with van der Waals surface area (Å²) in [5.41, 5.74) is 0. The molecule has 1 N–H and O–H groups in total. The topological polar surface area (TPSA) is 72.8 Å². The van der Waals surface area contributed by atoms with Crippen LogP contribution in [-0.4, -0.2) is 29.6 Å². The number of carbonyl (C=O) groups is 2. The van der Waals surface area contributed by atoms with Crippen LogP contribution in [0.2, 0.25) is 0 Å². The van der Waals surface area contributed by atoms with Crippen LogP contribution in [0.4, 0.5) is 0 Å². The molecule has 1 rings (SSSR count). The summed E-state index contributed by atoms with van der Waals surface area (Å²) in [4.78, 5) is 22.9. The molecule has 1 aliphatic heterocycles. The first-order valence-corrected chi connectivity index (χ1v) is 5.18. The Labute approximate surface area is 94.0 Å². The van der Waals surface area contributed by atoms with Gasteiger partial charge in [-0.1, -0.05) is 13.8 Å². The zero-order valence-corrected chi connectivity index (χ0v) is 9.65. The number of rotatable bonds is 3. The standard InChI is InChI=1S/C11H16O5/c1-6(2)4-9(13)16-11-7(3)15-5-8(12)10(11)14/h6,8,12H,4-5H2,1-3H3. The molecule has 0 bridgehead atoms. The molecule has 1 heterocycles. The van der Waals surface area contributed by atoms with Gasteiger partial charge in [0.15, 0.2) is 6.10 Å². The molecule has 0 aromatic rings. The third-order valence-corrected chi connectivity index (χ3v) is 2.09. The average Bonchev–Trinajstić information content (AvgIpc) is 2.17. The molecule has 90 valence electrons. The lowest BCUT2D eigenvalue weighted by Crippen LogP contribution is -2.34. The first kappa shape index (κ1) is 12.7. The molecule has 0 aromatic heterocycles. The summed E-state index contributed by atoms with van der Waals surface area (Å²) in [5.74, 6) is -0.869. The van der Waals surface area contributed by atoms with E-state index in [1.807, 2.05) is 13.8 Å². The normalized spacial score (nSPS) is 21.1. The Hall–Kier alpha value is -1.36. The molecule has 0 saturated carbocycles. The van der Waals surface area contributed by atoms with E-state index in [2.05, 4.69) is 0 Å². The monoisotopic (exact) mass is 228 g/mol. The van der Waals surface area contributed by atoms with Crippen LogP contribution in [0.5, 0.6) is 0 Å². The lowest BCUT2D eigenvalue weighted by atomic mass is 10.1. The summed E-state index contributed by atoms with van der Waals surface area (Å²) < 4.78 is 9.91. The van der Waals surface area contributed by atoms with E-state index in [4.69, 9.17) is 9.47 Å². The third-order valence-electron chi connectivity index (χ3n) is 2.09. The Morgan fingerprint density at radius 1 is 1.62 bits per heavy atom. The van der Waals surface area contributed by atoms with E-state index in [1.54, 1.807) is 0 Å². The van der Waals surface area contributed by atoms with Crippen molar-refractivity contribution in [2.75, 3.05) is 6.61 Å². The van der Waals surface area contributed by atoms with E-state index in [0.29, 0.717) is 0 Å². The third kappa shape index (κ3) is 3.06. The lowest BCUT2D eigenvalue weighted by molar-refractivity contribution is -0.148. The number of ketones is 1. The molecular weight excluding hydrogens is 212 g/mol. The fraction of sp³-hybridized carbons (Fsp3) is 0.636. The molecule has 1 unspecified atom stereocenters. The zero-order chi connectivity index (χ0) is 12.3. The zero-order valence-electron chi connectivity index (χ0n) is 9.65. The van der Waals surface area contributed by atoms with Crippen molar-refractivity contribution in [1.82, 2.24) is 0 Å². The Morgan fingerprint density at radius 2 is 2.25 bits per heavy atom. The Kier molecular flexibility index (Phi) is 4.06. The molecule has 16 heavy (non-hydrogen) atoms. The molecule has 0 aromatic carbocycles. The van der Waals surface area contributed by atoms with Crippen molar-refractivity contribution in [1.29, 1.82) is 0 Å². The van der Waals surface area contributed by atoms with Crippen molar-refractivity contribution >= 4 is 11.8 Å².